The number of piperazine rings is 1. The van der Waals surface area contributed by atoms with Crippen molar-refractivity contribution in [2.75, 3.05) is 50.7 Å². The van der Waals surface area contributed by atoms with E-state index >= 15 is 0 Å². The highest BCUT2D eigenvalue weighted by atomic mass is 127. The lowest BCUT2D eigenvalue weighted by atomic mass is 10.3. The molecule has 0 spiro atoms. The number of thiophene rings is 1. The first kappa shape index (κ1) is 23.8. The van der Waals surface area contributed by atoms with Crippen molar-refractivity contribution in [2.24, 2.45) is 4.99 Å². The van der Waals surface area contributed by atoms with Crippen LogP contribution < -0.4 is 14.9 Å². The van der Waals surface area contributed by atoms with Gasteiger partial charge in [-0.2, -0.15) is 0 Å². The SMILES string of the molecule is CCNC(=NCCNS(=O)(=O)c1cccnc1)N1CCN(c2cccs2)CC1.I. The summed E-state index contributed by atoms with van der Waals surface area (Å²) in [6.45, 7) is 7.05. The number of hydrogen-bond donors (Lipinski definition) is 2. The number of aromatic nitrogens is 1. The highest BCUT2D eigenvalue weighted by Crippen LogP contribution is 2.22. The van der Waals surface area contributed by atoms with Gasteiger partial charge in [-0.05, 0) is 36.6 Å². The molecule has 1 fully saturated rings. The molecule has 8 nitrogen and oxygen atoms in total. The maximum absolute atomic E-state index is 12.2. The van der Waals surface area contributed by atoms with Crippen LogP contribution in [-0.2, 0) is 10.0 Å². The van der Waals surface area contributed by atoms with Gasteiger partial charge in [0.2, 0.25) is 10.0 Å². The fraction of sp³-hybridized carbons (Fsp3) is 0.444. The molecule has 29 heavy (non-hydrogen) atoms. The number of aliphatic imine (C=N–C) groups is 1. The molecule has 0 atom stereocenters. The van der Waals surface area contributed by atoms with Gasteiger partial charge in [-0.25, -0.2) is 13.1 Å². The molecular weight excluding hydrogens is 523 g/mol. The molecule has 0 radical (unpaired) electrons. The summed E-state index contributed by atoms with van der Waals surface area (Å²) in [4.78, 5) is 13.2. The van der Waals surface area contributed by atoms with Crippen LogP contribution in [0.3, 0.4) is 0 Å². The third-order valence-electron chi connectivity index (χ3n) is 4.34. The van der Waals surface area contributed by atoms with Crippen molar-refractivity contribution in [2.45, 2.75) is 11.8 Å². The van der Waals surface area contributed by atoms with Crippen LogP contribution in [0.2, 0.25) is 0 Å². The summed E-state index contributed by atoms with van der Waals surface area (Å²) >= 11 is 1.76. The molecule has 2 aromatic rings. The van der Waals surface area contributed by atoms with Gasteiger partial charge in [-0.3, -0.25) is 9.98 Å². The Hall–Kier alpha value is -1.44. The van der Waals surface area contributed by atoms with Gasteiger partial charge in [0.05, 0.1) is 11.5 Å². The topological polar surface area (TPSA) is 89.9 Å². The average molecular weight is 550 g/mol. The first-order valence-electron chi connectivity index (χ1n) is 9.31. The van der Waals surface area contributed by atoms with E-state index in [1.54, 1.807) is 23.6 Å². The van der Waals surface area contributed by atoms with Crippen molar-refractivity contribution in [3.63, 3.8) is 0 Å². The van der Waals surface area contributed by atoms with Crippen LogP contribution in [0.15, 0.2) is 51.9 Å². The molecule has 1 saturated heterocycles. The van der Waals surface area contributed by atoms with Crippen molar-refractivity contribution in [3.8, 4) is 0 Å². The van der Waals surface area contributed by atoms with E-state index in [1.807, 2.05) is 6.92 Å². The number of anilines is 1. The lowest BCUT2D eigenvalue weighted by Crippen LogP contribution is -2.52. The minimum absolute atomic E-state index is 0. The van der Waals surface area contributed by atoms with Crippen LogP contribution in [0, 0.1) is 0 Å². The van der Waals surface area contributed by atoms with Crippen LogP contribution in [-0.4, -0.2) is 70.1 Å². The number of halogens is 1. The number of hydrogen-bond acceptors (Lipinski definition) is 6. The Balaban J connectivity index is 0.00000300. The molecule has 0 aromatic carbocycles. The van der Waals surface area contributed by atoms with Crippen LogP contribution >= 0.6 is 35.3 Å². The minimum atomic E-state index is -3.55. The number of sulfonamides is 1. The van der Waals surface area contributed by atoms with Gasteiger partial charge >= 0.3 is 0 Å². The molecule has 1 aliphatic rings. The molecule has 11 heteroatoms. The second-order valence-corrected chi connectivity index (χ2v) is 8.94. The van der Waals surface area contributed by atoms with E-state index in [-0.39, 0.29) is 35.4 Å². The number of guanidine groups is 1. The quantitative estimate of drug-likeness (QED) is 0.237. The van der Waals surface area contributed by atoms with Gasteiger partial charge in [0, 0.05) is 51.7 Å². The summed E-state index contributed by atoms with van der Waals surface area (Å²) in [6, 6.07) is 7.35. The van der Waals surface area contributed by atoms with Crippen molar-refractivity contribution in [1.82, 2.24) is 19.9 Å². The highest BCUT2D eigenvalue weighted by Gasteiger charge is 2.20. The van der Waals surface area contributed by atoms with Crippen molar-refractivity contribution < 1.29 is 8.42 Å². The lowest BCUT2D eigenvalue weighted by molar-refractivity contribution is 0.373. The highest BCUT2D eigenvalue weighted by molar-refractivity contribution is 14.0. The van der Waals surface area contributed by atoms with E-state index in [0.29, 0.717) is 6.54 Å². The summed E-state index contributed by atoms with van der Waals surface area (Å²) in [7, 11) is -3.55. The number of rotatable bonds is 7. The summed E-state index contributed by atoms with van der Waals surface area (Å²) < 4.78 is 27.0. The molecule has 1 aliphatic heterocycles. The third kappa shape index (κ3) is 6.79. The standard InChI is InChI=1S/C18H26N6O2S2.HI/c1-2-20-18(24-12-10-23(11-13-24)17-6-4-14-27-17)21-8-9-22-28(25,26)16-5-3-7-19-15-16;/h3-7,14-15,22H,2,8-13H2,1H3,(H,20,21);1H. The number of nitrogens with zero attached hydrogens (tertiary/aromatic N) is 4. The van der Waals surface area contributed by atoms with Crippen LogP contribution in [0.25, 0.3) is 0 Å². The Morgan fingerprint density at radius 1 is 1.24 bits per heavy atom. The Morgan fingerprint density at radius 3 is 2.66 bits per heavy atom. The van der Waals surface area contributed by atoms with E-state index in [9.17, 15) is 8.42 Å². The van der Waals surface area contributed by atoms with E-state index in [1.165, 1.54) is 17.3 Å². The predicted molar refractivity (Wildman–Crippen MR) is 129 cm³/mol. The van der Waals surface area contributed by atoms with Gasteiger partial charge in [-0.1, -0.05) is 0 Å². The second-order valence-electron chi connectivity index (χ2n) is 6.25. The van der Waals surface area contributed by atoms with Crippen molar-refractivity contribution in [3.05, 3.63) is 42.0 Å². The van der Waals surface area contributed by atoms with Crippen LogP contribution in [0.1, 0.15) is 6.92 Å². The first-order chi connectivity index (χ1) is 13.6. The normalized spacial score (nSPS) is 15.1. The fourth-order valence-corrected chi connectivity index (χ4v) is 4.71. The van der Waals surface area contributed by atoms with Gasteiger partial charge in [0.1, 0.15) is 4.90 Å². The molecule has 0 saturated carbocycles. The number of nitrogens with one attached hydrogen (secondary N) is 2. The summed E-state index contributed by atoms with van der Waals surface area (Å²) in [5.74, 6) is 0.828. The van der Waals surface area contributed by atoms with Gasteiger partial charge < -0.3 is 15.1 Å². The van der Waals surface area contributed by atoms with Crippen molar-refractivity contribution >= 4 is 56.3 Å². The zero-order chi connectivity index (χ0) is 19.8. The molecule has 2 N–H and O–H groups in total. The Morgan fingerprint density at radius 2 is 2.03 bits per heavy atom. The van der Waals surface area contributed by atoms with Gasteiger partial charge in [0.25, 0.3) is 0 Å². The largest absolute Gasteiger partial charge is 0.360 e. The molecule has 0 bridgehead atoms. The molecule has 160 valence electrons. The fourth-order valence-electron chi connectivity index (χ4n) is 2.95. The summed E-state index contributed by atoms with van der Waals surface area (Å²) in [5, 5.41) is 6.70. The lowest BCUT2D eigenvalue weighted by Gasteiger charge is -2.37. The van der Waals surface area contributed by atoms with Crippen LogP contribution in [0.5, 0.6) is 0 Å². The Bertz CT molecular complexity index is 854. The Labute approximate surface area is 193 Å². The van der Waals surface area contributed by atoms with Gasteiger partial charge in [-0.15, -0.1) is 35.3 Å². The molecule has 0 unspecified atom stereocenters. The predicted octanol–water partition coefficient (Wildman–Crippen LogP) is 1.83. The summed E-state index contributed by atoms with van der Waals surface area (Å²) in [6.07, 6.45) is 2.88. The molecule has 2 aromatic heterocycles. The second kappa shape index (κ2) is 11.7. The monoisotopic (exact) mass is 550 g/mol. The smallest absolute Gasteiger partial charge is 0.242 e. The Kier molecular flexibility index (Phi) is 9.59. The number of pyridine rings is 1. The molecule has 0 aliphatic carbocycles. The van der Waals surface area contributed by atoms with Crippen molar-refractivity contribution in [1.29, 1.82) is 0 Å². The minimum Gasteiger partial charge on any atom is -0.360 e. The van der Waals surface area contributed by atoms with Gasteiger partial charge in [0.15, 0.2) is 5.96 Å². The molecule has 3 heterocycles. The average Bonchev–Trinajstić information content (AvgIpc) is 3.26. The van der Waals surface area contributed by atoms with Crippen LogP contribution in [0.4, 0.5) is 5.00 Å². The van der Waals surface area contributed by atoms with E-state index in [2.05, 4.69) is 47.3 Å². The molecule has 0 amide bonds. The van der Waals surface area contributed by atoms with E-state index in [0.717, 1.165) is 38.7 Å². The zero-order valence-electron chi connectivity index (χ0n) is 16.3. The van der Waals surface area contributed by atoms with E-state index in [4.69, 9.17) is 0 Å². The maximum Gasteiger partial charge on any atom is 0.242 e. The molecule has 3 rings (SSSR count). The third-order valence-corrected chi connectivity index (χ3v) is 6.72. The first-order valence-corrected chi connectivity index (χ1v) is 11.7. The molecular formula is C18H27IN6O2S2. The zero-order valence-corrected chi connectivity index (χ0v) is 20.3. The summed E-state index contributed by atoms with van der Waals surface area (Å²) in [5.41, 5.74) is 0. The maximum atomic E-state index is 12.2. The van der Waals surface area contributed by atoms with E-state index < -0.39 is 10.0 Å².